The summed E-state index contributed by atoms with van der Waals surface area (Å²) in [6.07, 6.45) is 0.769. The molecule has 2 amide bonds. The molecule has 1 unspecified atom stereocenters. The predicted octanol–water partition coefficient (Wildman–Crippen LogP) is 3.51. The molecule has 6 nitrogen and oxygen atoms in total. The number of fused-ring (bicyclic) bond motifs is 1. The van der Waals surface area contributed by atoms with Crippen LogP contribution < -0.4 is 20.1 Å². The molecular weight excluding hydrogens is 332 g/mol. The van der Waals surface area contributed by atoms with Gasteiger partial charge in [-0.1, -0.05) is 12.1 Å². The van der Waals surface area contributed by atoms with E-state index < -0.39 is 0 Å². The normalized spacial score (nSPS) is 15.2. The maximum Gasteiger partial charge on any atom is 0.224 e. The quantitative estimate of drug-likeness (QED) is 0.861. The number of para-hydroxylation sites is 2. The second-order valence-corrected chi connectivity index (χ2v) is 6.30. The van der Waals surface area contributed by atoms with E-state index in [0.717, 1.165) is 17.0 Å². The Hall–Kier alpha value is -3.02. The third-order valence-electron chi connectivity index (χ3n) is 4.08. The van der Waals surface area contributed by atoms with Crippen molar-refractivity contribution >= 4 is 23.2 Å². The Morgan fingerprint density at radius 3 is 2.62 bits per heavy atom. The molecule has 136 valence electrons. The molecule has 1 aliphatic rings. The first-order valence-corrected chi connectivity index (χ1v) is 8.58. The number of ether oxygens (including phenoxy) is 2. The highest BCUT2D eigenvalue weighted by Gasteiger charge is 2.21. The lowest BCUT2D eigenvalue weighted by Crippen LogP contribution is -2.30. The van der Waals surface area contributed by atoms with Gasteiger partial charge < -0.3 is 20.1 Å². The maximum absolute atomic E-state index is 12.2. The molecule has 0 fully saturated rings. The third kappa shape index (κ3) is 4.53. The van der Waals surface area contributed by atoms with Crippen LogP contribution in [-0.4, -0.2) is 24.5 Å². The molecule has 0 aromatic heterocycles. The number of carbonyl (C=O) groups excluding carboxylic acids is 2. The van der Waals surface area contributed by atoms with Crippen molar-refractivity contribution in [3.8, 4) is 11.5 Å². The second kappa shape index (κ2) is 7.91. The van der Waals surface area contributed by atoms with Gasteiger partial charge in [-0.2, -0.15) is 0 Å². The van der Waals surface area contributed by atoms with Gasteiger partial charge in [-0.05, 0) is 49.2 Å². The number of anilines is 2. The average molecular weight is 354 g/mol. The second-order valence-electron chi connectivity index (χ2n) is 6.30. The smallest absolute Gasteiger partial charge is 0.224 e. The SMILES string of the molecule is CC(=O)Nc1ccc(NC(=O)CCC2COc3ccccc3O2)cc1C. The van der Waals surface area contributed by atoms with Gasteiger partial charge in [-0.3, -0.25) is 9.59 Å². The largest absolute Gasteiger partial charge is 0.486 e. The highest BCUT2D eigenvalue weighted by Crippen LogP contribution is 2.31. The van der Waals surface area contributed by atoms with Crippen LogP contribution in [-0.2, 0) is 9.59 Å². The number of hydrogen-bond donors (Lipinski definition) is 2. The predicted molar refractivity (Wildman–Crippen MR) is 99.7 cm³/mol. The Kier molecular flexibility index (Phi) is 5.41. The van der Waals surface area contributed by atoms with Crippen LogP contribution in [0.25, 0.3) is 0 Å². The first kappa shape index (κ1) is 17.8. The van der Waals surface area contributed by atoms with E-state index in [1.54, 1.807) is 12.1 Å². The van der Waals surface area contributed by atoms with E-state index in [4.69, 9.17) is 9.47 Å². The molecule has 1 atom stereocenters. The summed E-state index contributed by atoms with van der Waals surface area (Å²) in [6, 6.07) is 12.9. The molecule has 3 rings (SSSR count). The molecule has 2 N–H and O–H groups in total. The number of carbonyl (C=O) groups is 2. The minimum Gasteiger partial charge on any atom is -0.486 e. The number of nitrogens with one attached hydrogen (secondary N) is 2. The molecule has 0 saturated carbocycles. The summed E-state index contributed by atoms with van der Waals surface area (Å²) in [6.45, 7) is 3.78. The summed E-state index contributed by atoms with van der Waals surface area (Å²) < 4.78 is 11.5. The number of benzene rings is 2. The fraction of sp³-hybridized carbons (Fsp3) is 0.300. The van der Waals surface area contributed by atoms with E-state index in [0.29, 0.717) is 30.9 Å². The number of amides is 2. The van der Waals surface area contributed by atoms with E-state index in [9.17, 15) is 9.59 Å². The fourth-order valence-electron chi connectivity index (χ4n) is 2.79. The van der Waals surface area contributed by atoms with Gasteiger partial charge in [-0.25, -0.2) is 0 Å². The van der Waals surface area contributed by atoms with Crippen molar-refractivity contribution in [2.45, 2.75) is 32.8 Å². The zero-order valence-electron chi connectivity index (χ0n) is 14.9. The molecule has 0 bridgehead atoms. The standard InChI is InChI=1S/C20H22N2O4/c1-13-11-15(7-9-17(13)21-14(2)23)22-20(24)10-8-16-12-25-18-5-3-4-6-19(18)26-16/h3-7,9,11,16H,8,10,12H2,1-2H3,(H,21,23)(H,22,24). The van der Waals surface area contributed by atoms with Crippen LogP contribution in [0.5, 0.6) is 11.5 Å². The average Bonchev–Trinajstić information content (AvgIpc) is 2.62. The van der Waals surface area contributed by atoms with Gasteiger partial charge in [0.25, 0.3) is 0 Å². The minimum atomic E-state index is -0.139. The van der Waals surface area contributed by atoms with E-state index >= 15 is 0 Å². The van der Waals surface area contributed by atoms with Crippen molar-refractivity contribution in [2.24, 2.45) is 0 Å². The van der Waals surface area contributed by atoms with Gasteiger partial charge in [0.15, 0.2) is 11.5 Å². The van der Waals surface area contributed by atoms with Crippen molar-refractivity contribution in [3.05, 3.63) is 48.0 Å². The first-order valence-electron chi connectivity index (χ1n) is 8.58. The highest BCUT2D eigenvalue weighted by molar-refractivity contribution is 5.92. The van der Waals surface area contributed by atoms with Gasteiger partial charge in [-0.15, -0.1) is 0 Å². The lowest BCUT2D eigenvalue weighted by atomic mass is 10.1. The Labute approximate surface area is 152 Å². The number of hydrogen-bond acceptors (Lipinski definition) is 4. The summed E-state index contributed by atoms with van der Waals surface area (Å²) in [5.41, 5.74) is 2.33. The Balaban J connectivity index is 1.50. The lowest BCUT2D eigenvalue weighted by molar-refractivity contribution is -0.117. The zero-order chi connectivity index (χ0) is 18.5. The number of aryl methyl sites for hydroxylation is 1. The molecular formula is C20H22N2O4. The highest BCUT2D eigenvalue weighted by atomic mass is 16.6. The van der Waals surface area contributed by atoms with Crippen molar-refractivity contribution in [1.82, 2.24) is 0 Å². The van der Waals surface area contributed by atoms with Crippen LogP contribution in [0.2, 0.25) is 0 Å². The monoisotopic (exact) mass is 354 g/mol. The Morgan fingerprint density at radius 2 is 1.88 bits per heavy atom. The van der Waals surface area contributed by atoms with Crippen LogP contribution in [0.1, 0.15) is 25.3 Å². The Morgan fingerprint density at radius 1 is 1.12 bits per heavy atom. The molecule has 1 aliphatic heterocycles. The van der Waals surface area contributed by atoms with E-state index in [2.05, 4.69) is 10.6 Å². The van der Waals surface area contributed by atoms with Crippen LogP contribution in [0.4, 0.5) is 11.4 Å². The molecule has 1 heterocycles. The maximum atomic E-state index is 12.2. The van der Waals surface area contributed by atoms with Gasteiger partial charge in [0, 0.05) is 24.7 Å². The molecule has 26 heavy (non-hydrogen) atoms. The fourth-order valence-corrected chi connectivity index (χ4v) is 2.79. The van der Waals surface area contributed by atoms with Crippen molar-refractivity contribution in [3.63, 3.8) is 0 Å². The summed E-state index contributed by atoms with van der Waals surface area (Å²) in [4.78, 5) is 23.3. The van der Waals surface area contributed by atoms with Crippen LogP contribution >= 0.6 is 0 Å². The molecule has 0 spiro atoms. The third-order valence-corrected chi connectivity index (χ3v) is 4.08. The summed E-state index contributed by atoms with van der Waals surface area (Å²) in [7, 11) is 0. The zero-order valence-corrected chi connectivity index (χ0v) is 14.9. The van der Waals surface area contributed by atoms with Crippen LogP contribution in [0, 0.1) is 6.92 Å². The van der Waals surface area contributed by atoms with Crippen molar-refractivity contribution in [1.29, 1.82) is 0 Å². The molecule has 2 aromatic carbocycles. The van der Waals surface area contributed by atoms with E-state index in [1.165, 1.54) is 6.92 Å². The molecule has 2 aromatic rings. The molecule has 0 saturated heterocycles. The van der Waals surface area contributed by atoms with Crippen LogP contribution in [0.3, 0.4) is 0 Å². The summed E-state index contributed by atoms with van der Waals surface area (Å²) in [5.74, 6) is 1.25. The summed E-state index contributed by atoms with van der Waals surface area (Å²) in [5, 5.41) is 5.62. The molecule has 0 radical (unpaired) electrons. The topological polar surface area (TPSA) is 76.7 Å². The van der Waals surface area contributed by atoms with Gasteiger partial charge in [0.1, 0.15) is 12.7 Å². The van der Waals surface area contributed by atoms with E-state index in [1.807, 2.05) is 37.3 Å². The molecule has 6 heteroatoms. The minimum absolute atomic E-state index is 0.0841. The van der Waals surface area contributed by atoms with Gasteiger partial charge >= 0.3 is 0 Å². The van der Waals surface area contributed by atoms with Crippen LogP contribution in [0.15, 0.2) is 42.5 Å². The van der Waals surface area contributed by atoms with Crippen molar-refractivity contribution < 1.29 is 19.1 Å². The van der Waals surface area contributed by atoms with Gasteiger partial charge in [0.2, 0.25) is 11.8 Å². The number of rotatable bonds is 5. The Bertz CT molecular complexity index is 819. The lowest BCUT2D eigenvalue weighted by Gasteiger charge is -2.26. The van der Waals surface area contributed by atoms with E-state index in [-0.39, 0.29) is 17.9 Å². The van der Waals surface area contributed by atoms with Crippen molar-refractivity contribution in [2.75, 3.05) is 17.2 Å². The molecule has 0 aliphatic carbocycles. The summed E-state index contributed by atoms with van der Waals surface area (Å²) >= 11 is 0. The van der Waals surface area contributed by atoms with Gasteiger partial charge in [0.05, 0.1) is 0 Å². The first-order chi connectivity index (χ1) is 12.5.